The Morgan fingerprint density at radius 2 is 1.80 bits per heavy atom. The summed E-state index contributed by atoms with van der Waals surface area (Å²) in [7, 11) is 2.25. The van der Waals surface area contributed by atoms with Crippen molar-refractivity contribution in [2.24, 2.45) is 11.7 Å². The number of nitrogens with two attached hydrogens (primary N) is 1. The molecule has 1 aromatic carbocycles. The highest BCUT2D eigenvalue weighted by atomic mass is 15.2. The van der Waals surface area contributed by atoms with Crippen LogP contribution in [-0.2, 0) is 0 Å². The predicted octanol–water partition coefficient (Wildman–Crippen LogP) is 3.93. The van der Waals surface area contributed by atoms with Crippen molar-refractivity contribution in [1.82, 2.24) is 4.90 Å². The molecule has 1 aliphatic rings. The van der Waals surface area contributed by atoms with Crippen LogP contribution in [0.5, 0.6) is 0 Å². The maximum Gasteiger partial charge on any atom is 0.0456 e. The number of rotatable bonds is 4. The van der Waals surface area contributed by atoms with Crippen LogP contribution in [-0.4, -0.2) is 24.0 Å². The van der Waals surface area contributed by atoms with Crippen molar-refractivity contribution in [3.05, 3.63) is 35.4 Å². The van der Waals surface area contributed by atoms with E-state index >= 15 is 0 Å². The molecule has 2 heteroatoms. The molecule has 4 unspecified atom stereocenters. The number of hydrogen-bond acceptors (Lipinski definition) is 2. The average molecular weight is 274 g/mol. The summed E-state index contributed by atoms with van der Waals surface area (Å²) in [5, 5.41) is 0. The fourth-order valence-electron chi connectivity index (χ4n) is 3.70. The second-order valence-corrected chi connectivity index (χ2v) is 7.00. The maximum absolute atomic E-state index is 6.58. The molecule has 1 aliphatic carbocycles. The molecule has 0 bridgehead atoms. The minimum absolute atomic E-state index is 0.141. The second-order valence-electron chi connectivity index (χ2n) is 7.00. The topological polar surface area (TPSA) is 29.3 Å². The molecule has 0 aliphatic heterocycles. The number of likely N-dealkylation sites (N-methyl/N-ethyl adjacent to an activating group) is 1. The van der Waals surface area contributed by atoms with Crippen molar-refractivity contribution < 1.29 is 0 Å². The highest BCUT2D eigenvalue weighted by Crippen LogP contribution is 2.38. The summed E-state index contributed by atoms with van der Waals surface area (Å²) in [6.45, 7) is 9.25. The molecular formula is C18H30N2. The maximum atomic E-state index is 6.58. The predicted molar refractivity (Wildman–Crippen MR) is 86.9 cm³/mol. The summed E-state index contributed by atoms with van der Waals surface area (Å²) in [6, 6.07) is 9.88. The van der Waals surface area contributed by atoms with Gasteiger partial charge in [-0.25, -0.2) is 0 Å². The number of nitrogens with zero attached hydrogens (tertiary/aromatic N) is 1. The zero-order valence-corrected chi connectivity index (χ0v) is 13.6. The van der Waals surface area contributed by atoms with E-state index in [1.54, 1.807) is 0 Å². The molecule has 0 radical (unpaired) electrons. The van der Waals surface area contributed by atoms with Gasteiger partial charge >= 0.3 is 0 Å². The van der Waals surface area contributed by atoms with Gasteiger partial charge in [0.05, 0.1) is 0 Å². The lowest BCUT2D eigenvalue weighted by Gasteiger charge is -2.43. The normalized spacial score (nSPS) is 27.7. The minimum Gasteiger partial charge on any atom is -0.323 e. The van der Waals surface area contributed by atoms with Crippen molar-refractivity contribution in [3.63, 3.8) is 0 Å². The third kappa shape index (κ3) is 3.07. The molecule has 2 nitrogen and oxygen atoms in total. The van der Waals surface area contributed by atoms with Gasteiger partial charge in [-0.15, -0.1) is 0 Å². The Bertz CT molecular complexity index is 441. The minimum atomic E-state index is 0.141. The summed E-state index contributed by atoms with van der Waals surface area (Å²) in [5.74, 6) is 1.33. The Kier molecular flexibility index (Phi) is 4.87. The van der Waals surface area contributed by atoms with E-state index in [0.29, 0.717) is 18.0 Å². The number of benzene rings is 1. The van der Waals surface area contributed by atoms with E-state index in [2.05, 4.69) is 63.9 Å². The van der Waals surface area contributed by atoms with Crippen LogP contribution in [0.15, 0.2) is 24.3 Å². The quantitative estimate of drug-likeness (QED) is 0.901. The van der Waals surface area contributed by atoms with Gasteiger partial charge in [0.1, 0.15) is 0 Å². The van der Waals surface area contributed by atoms with Crippen LogP contribution in [0.25, 0.3) is 0 Å². The molecule has 4 atom stereocenters. The van der Waals surface area contributed by atoms with Crippen molar-refractivity contribution in [1.29, 1.82) is 0 Å². The highest BCUT2D eigenvalue weighted by Gasteiger charge is 2.34. The standard InChI is InChI=1S/C18H30N2/c1-12(2)10-14(4)20(5)17-11-13(3)15-8-6-7-9-16(15)18(17)19/h6-9,12-14,17-18H,10-11,19H2,1-5H3. The largest absolute Gasteiger partial charge is 0.323 e. The Morgan fingerprint density at radius 3 is 2.40 bits per heavy atom. The lowest BCUT2D eigenvalue weighted by atomic mass is 9.77. The molecule has 0 saturated carbocycles. The van der Waals surface area contributed by atoms with E-state index in [4.69, 9.17) is 5.73 Å². The summed E-state index contributed by atoms with van der Waals surface area (Å²) >= 11 is 0. The molecule has 0 aromatic heterocycles. The van der Waals surface area contributed by atoms with Gasteiger partial charge in [-0.2, -0.15) is 0 Å². The van der Waals surface area contributed by atoms with Crippen LogP contribution in [0.4, 0.5) is 0 Å². The van der Waals surface area contributed by atoms with E-state index in [1.807, 2.05) is 0 Å². The van der Waals surface area contributed by atoms with Crippen molar-refractivity contribution in [3.8, 4) is 0 Å². The van der Waals surface area contributed by atoms with Gasteiger partial charge in [-0.05, 0) is 49.8 Å². The first-order valence-corrected chi connectivity index (χ1v) is 7.98. The van der Waals surface area contributed by atoms with Crippen molar-refractivity contribution in [2.75, 3.05) is 7.05 Å². The lowest BCUT2D eigenvalue weighted by Crippen LogP contribution is -2.48. The molecule has 20 heavy (non-hydrogen) atoms. The molecule has 1 aromatic rings. The van der Waals surface area contributed by atoms with E-state index < -0.39 is 0 Å². The first kappa shape index (κ1) is 15.5. The summed E-state index contributed by atoms with van der Waals surface area (Å²) in [6.07, 6.45) is 2.40. The average Bonchev–Trinajstić information content (AvgIpc) is 2.41. The third-order valence-corrected chi connectivity index (χ3v) is 4.93. The smallest absolute Gasteiger partial charge is 0.0456 e. The number of fused-ring (bicyclic) bond motifs is 1. The van der Waals surface area contributed by atoms with Gasteiger partial charge in [0.15, 0.2) is 0 Å². The third-order valence-electron chi connectivity index (χ3n) is 4.93. The fourth-order valence-corrected chi connectivity index (χ4v) is 3.70. The van der Waals surface area contributed by atoms with Crippen LogP contribution in [0.2, 0.25) is 0 Å². The SMILES string of the molecule is CC(C)CC(C)N(C)C1CC(C)c2ccccc2C1N. The monoisotopic (exact) mass is 274 g/mol. The summed E-state index contributed by atoms with van der Waals surface area (Å²) in [5.41, 5.74) is 9.37. The van der Waals surface area contributed by atoms with Crippen molar-refractivity contribution in [2.45, 2.75) is 64.6 Å². The second kappa shape index (κ2) is 6.28. The Morgan fingerprint density at radius 1 is 1.20 bits per heavy atom. The van der Waals surface area contributed by atoms with Gasteiger partial charge in [0.2, 0.25) is 0 Å². The molecule has 2 rings (SSSR count). The van der Waals surface area contributed by atoms with Crippen LogP contribution in [0.3, 0.4) is 0 Å². The Balaban J connectivity index is 2.19. The van der Waals surface area contributed by atoms with Crippen LogP contribution in [0.1, 0.15) is 63.6 Å². The molecule has 0 heterocycles. The zero-order chi connectivity index (χ0) is 14.9. The highest BCUT2D eigenvalue weighted by molar-refractivity contribution is 5.36. The molecule has 0 saturated heterocycles. The van der Waals surface area contributed by atoms with E-state index in [0.717, 1.165) is 12.3 Å². The first-order valence-electron chi connectivity index (χ1n) is 7.98. The van der Waals surface area contributed by atoms with Crippen LogP contribution >= 0.6 is 0 Å². The van der Waals surface area contributed by atoms with Gasteiger partial charge in [-0.3, -0.25) is 4.90 Å². The molecular weight excluding hydrogens is 244 g/mol. The van der Waals surface area contributed by atoms with Crippen molar-refractivity contribution >= 4 is 0 Å². The molecule has 0 spiro atoms. The molecule has 2 N–H and O–H groups in total. The Labute approximate surface area is 124 Å². The lowest BCUT2D eigenvalue weighted by molar-refractivity contribution is 0.124. The molecule has 0 fully saturated rings. The van der Waals surface area contributed by atoms with Crippen LogP contribution < -0.4 is 5.73 Å². The molecule has 112 valence electrons. The van der Waals surface area contributed by atoms with E-state index in [-0.39, 0.29) is 6.04 Å². The van der Waals surface area contributed by atoms with E-state index in [1.165, 1.54) is 17.5 Å². The van der Waals surface area contributed by atoms with Gasteiger partial charge in [-0.1, -0.05) is 45.0 Å². The van der Waals surface area contributed by atoms with Gasteiger partial charge < -0.3 is 5.73 Å². The number of hydrogen-bond donors (Lipinski definition) is 1. The van der Waals surface area contributed by atoms with Gasteiger partial charge in [0.25, 0.3) is 0 Å². The molecule has 0 amide bonds. The fraction of sp³-hybridized carbons (Fsp3) is 0.667. The summed E-state index contributed by atoms with van der Waals surface area (Å²) in [4.78, 5) is 2.51. The van der Waals surface area contributed by atoms with Gasteiger partial charge in [0, 0.05) is 18.1 Å². The Hall–Kier alpha value is -0.860. The van der Waals surface area contributed by atoms with E-state index in [9.17, 15) is 0 Å². The van der Waals surface area contributed by atoms with Crippen LogP contribution in [0, 0.1) is 5.92 Å². The summed E-state index contributed by atoms with van der Waals surface area (Å²) < 4.78 is 0. The first-order chi connectivity index (χ1) is 9.41. The zero-order valence-electron chi connectivity index (χ0n) is 13.6.